The van der Waals surface area contributed by atoms with Crippen molar-refractivity contribution in [3.63, 3.8) is 0 Å². The van der Waals surface area contributed by atoms with E-state index in [-0.39, 0.29) is 11.2 Å². The van der Waals surface area contributed by atoms with Gasteiger partial charge in [-0.1, -0.05) is 6.07 Å². The van der Waals surface area contributed by atoms with Gasteiger partial charge in [0.05, 0.1) is 11.1 Å². The average Bonchev–Trinajstić information content (AvgIpc) is 2.26. The normalized spacial score (nSPS) is 11.4. The van der Waals surface area contributed by atoms with Crippen molar-refractivity contribution in [2.45, 2.75) is 6.18 Å². The van der Waals surface area contributed by atoms with Crippen LogP contribution in [0.4, 0.5) is 13.2 Å². The zero-order chi connectivity index (χ0) is 11.8. The van der Waals surface area contributed by atoms with Crippen LogP contribution in [-0.4, -0.2) is 4.98 Å². The summed E-state index contributed by atoms with van der Waals surface area (Å²) in [7, 11) is 0. The molecule has 1 heterocycles. The van der Waals surface area contributed by atoms with Crippen LogP contribution in [0.3, 0.4) is 0 Å². The fourth-order valence-corrected chi connectivity index (χ4v) is 1.36. The van der Waals surface area contributed by atoms with E-state index >= 15 is 0 Å². The smallest absolute Gasteiger partial charge is 0.237 e. The molecule has 0 aliphatic heterocycles. The third kappa shape index (κ3) is 1.82. The molecule has 0 aliphatic carbocycles. The van der Waals surface area contributed by atoms with E-state index in [0.717, 1.165) is 12.1 Å². The summed E-state index contributed by atoms with van der Waals surface area (Å²) in [5.41, 5.74) is -0.483. The molecular weight excluding hydrogens is 217 g/mol. The summed E-state index contributed by atoms with van der Waals surface area (Å²) in [6.45, 7) is 0. The zero-order valence-electron chi connectivity index (χ0n) is 7.92. The molecule has 16 heavy (non-hydrogen) atoms. The highest BCUT2D eigenvalue weighted by atomic mass is 19.4. The maximum Gasteiger partial charge on any atom is 0.416 e. The van der Waals surface area contributed by atoms with Crippen LogP contribution in [0, 0.1) is 11.3 Å². The molecule has 1 aromatic carbocycles. The highest BCUT2D eigenvalue weighted by Gasteiger charge is 2.30. The fourth-order valence-electron chi connectivity index (χ4n) is 1.36. The van der Waals surface area contributed by atoms with Gasteiger partial charge in [0, 0.05) is 5.39 Å². The number of hydrogen-bond acceptors (Lipinski definition) is 2. The largest absolute Gasteiger partial charge is 0.416 e. The lowest BCUT2D eigenvalue weighted by Gasteiger charge is -2.07. The van der Waals surface area contributed by atoms with Crippen LogP contribution < -0.4 is 0 Å². The second-order valence-corrected chi connectivity index (χ2v) is 3.21. The number of nitriles is 1. The number of rotatable bonds is 0. The molecule has 0 saturated heterocycles. The van der Waals surface area contributed by atoms with Crippen molar-refractivity contribution in [1.82, 2.24) is 4.98 Å². The molecule has 5 heteroatoms. The van der Waals surface area contributed by atoms with Gasteiger partial charge in [0.15, 0.2) is 0 Å². The van der Waals surface area contributed by atoms with Crippen LogP contribution >= 0.6 is 0 Å². The van der Waals surface area contributed by atoms with E-state index in [4.69, 9.17) is 5.26 Å². The van der Waals surface area contributed by atoms with E-state index < -0.39 is 11.7 Å². The Morgan fingerprint density at radius 2 is 1.81 bits per heavy atom. The van der Waals surface area contributed by atoms with Gasteiger partial charge >= 0.3 is 6.18 Å². The molecule has 2 rings (SSSR count). The Morgan fingerprint density at radius 3 is 2.44 bits per heavy atom. The average molecular weight is 222 g/mol. The van der Waals surface area contributed by atoms with Crippen LogP contribution in [0.5, 0.6) is 0 Å². The number of aromatic nitrogens is 1. The number of halogens is 3. The van der Waals surface area contributed by atoms with Crippen LogP contribution in [-0.2, 0) is 6.18 Å². The molecule has 0 spiro atoms. The van der Waals surface area contributed by atoms with Crippen molar-refractivity contribution in [3.05, 3.63) is 41.6 Å². The predicted molar refractivity (Wildman–Crippen MR) is 51.5 cm³/mol. The first-order valence-electron chi connectivity index (χ1n) is 4.39. The number of pyridine rings is 1. The first kappa shape index (κ1) is 10.4. The van der Waals surface area contributed by atoms with Gasteiger partial charge in [-0.15, -0.1) is 0 Å². The summed E-state index contributed by atoms with van der Waals surface area (Å²) >= 11 is 0. The Morgan fingerprint density at radius 1 is 1.12 bits per heavy atom. The van der Waals surface area contributed by atoms with Crippen molar-refractivity contribution in [1.29, 1.82) is 5.26 Å². The Labute approximate surface area is 89.0 Å². The summed E-state index contributed by atoms with van der Waals surface area (Å²) < 4.78 is 37.2. The van der Waals surface area contributed by atoms with Gasteiger partial charge in [0.1, 0.15) is 11.8 Å². The summed E-state index contributed by atoms with van der Waals surface area (Å²) in [6.07, 6.45) is -4.39. The van der Waals surface area contributed by atoms with E-state index in [1.165, 1.54) is 12.1 Å². The van der Waals surface area contributed by atoms with Gasteiger partial charge in [-0.3, -0.25) is 0 Å². The summed E-state index contributed by atoms with van der Waals surface area (Å²) in [5, 5.41) is 9.17. The number of fused-ring (bicyclic) bond motifs is 1. The summed E-state index contributed by atoms with van der Waals surface area (Å²) in [5.74, 6) is 0. The van der Waals surface area contributed by atoms with Crippen molar-refractivity contribution in [3.8, 4) is 6.07 Å². The monoisotopic (exact) mass is 222 g/mol. The minimum atomic E-state index is -4.39. The van der Waals surface area contributed by atoms with Crippen molar-refractivity contribution in [2.75, 3.05) is 0 Å². The van der Waals surface area contributed by atoms with E-state index in [1.54, 1.807) is 12.1 Å². The predicted octanol–water partition coefficient (Wildman–Crippen LogP) is 3.13. The molecular formula is C11H5F3N2. The maximum absolute atomic E-state index is 12.4. The number of alkyl halides is 3. The number of benzene rings is 1. The Balaban J connectivity index is 2.65. The van der Waals surface area contributed by atoms with Crippen molar-refractivity contribution >= 4 is 10.9 Å². The second kappa shape index (κ2) is 3.49. The van der Waals surface area contributed by atoms with Gasteiger partial charge in [-0.2, -0.15) is 18.4 Å². The molecule has 80 valence electrons. The highest BCUT2D eigenvalue weighted by molar-refractivity contribution is 5.79. The molecule has 0 amide bonds. The molecule has 0 atom stereocenters. The van der Waals surface area contributed by atoms with Gasteiger partial charge in [-0.25, -0.2) is 4.98 Å². The topological polar surface area (TPSA) is 36.7 Å². The molecule has 0 bridgehead atoms. The second-order valence-electron chi connectivity index (χ2n) is 3.21. The van der Waals surface area contributed by atoms with Crippen molar-refractivity contribution in [2.24, 2.45) is 0 Å². The Bertz CT molecular complexity index is 582. The Kier molecular flexibility index (Phi) is 2.27. The van der Waals surface area contributed by atoms with E-state index in [2.05, 4.69) is 4.98 Å². The van der Waals surface area contributed by atoms with Crippen LogP contribution in [0.1, 0.15) is 11.3 Å². The van der Waals surface area contributed by atoms with Gasteiger partial charge in [-0.05, 0) is 24.3 Å². The number of hydrogen-bond donors (Lipinski definition) is 0. The van der Waals surface area contributed by atoms with Crippen LogP contribution in [0.25, 0.3) is 10.9 Å². The van der Waals surface area contributed by atoms with E-state index in [1.807, 2.05) is 0 Å². The molecule has 2 nitrogen and oxygen atoms in total. The molecule has 0 N–H and O–H groups in total. The summed E-state index contributed by atoms with van der Waals surface area (Å²) in [4.78, 5) is 3.81. The Hall–Kier alpha value is -2.09. The third-order valence-electron chi connectivity index (χ3n) is 2.13. The quantitative estimate of drug-likeness (QED) is 0.686. The standard InChI is InChI=1S/C11H5F3N2/c12-11(13,14)8-3-1-7-2-4-9(6-15)16-10(7)5-8/h1-5H. The van der Waals surface area contributed by atoms with E-state index in [0.29, 0.717) is 5.39 Å². The van der Waals surface area contributed by atoms with Gasteiger partial charge < -0.3 is 0 Å². The zero-order valence-corrected chi connectivity index (χ0v) is 7.92. The number of nitrogens with zero attached hydrogens (tertiary/aromatic N) is 2. The molecule has 0 aliphatic rings. The van der Waals surface area contributed by atoms with E-state index in [9.17, 15) is 13.2 Å². The third-order valence-corrected chi connectivity index (χ3v) is 2.13. The fraction of sp³-hybridized carbons (Fsp3) is 0.0909. The molecule has 0 radical (unpaired) electrons. The minimum Gasteiger partial charge on any atom is -0.237 e. The molecule has 0 unspecified atom stereocenters. The lowest BCUT2D eigenvalue weighted by molar-refractivity contribution is -0.137. The maximum atomic E-state index is 12.4. The van der Waals surface area contributed by atoms with Gasteiger partial charge in [0.25, 0.3) is 0 Å². The highest BCUT2D eigenvalue weighted by Crippen LogP contribution is 2.30. The molecule has 0 fully saturated rings. The first-order chi connectivity index (χ1) is 7.50. The van der Waals surface area contributed by atoms with Gasteiger partial charge in [0.2, 0.25) is 0 Å². The SMILES string of the molecule is N#Cc1ccc2ccc(C(F)(F)F)cc2n1. The lowest BCUT2D eigenvalue weighted by atomic mass is 10.1. The van der Waals surface area contributed by atoms with Crippen LogP contribution in [0.2, 0.25) is 0 Å². The minimum absolute atomic E-state index is 0.104. The first-order valence-corrected chi connectivity index (χ1v) is 4.39. The summed E-state index contributed by atoms with van der Waals surface area (Å²) in [6, 6.07) is 8.10. The lowest BCUT2D eigenvalue weighted by Crippen LogP contribution is -2.04. The molecule has 1 aromatic heterocycles. The molecule has 0 saturated carbocycles. The van der Waals surface area contributed by atoms with Crippen molar-refractivity contribution < 1.29 is 13.2 Å². The van der Waals surface area contributed by atoms with Crippen LogP contribution in [0.15, 0.2) is 30.3 Å². The molecule has 2 aromatic rings.